The van der Waals surface area contributed by atoms with Crippen LogP contribution < -0.4 is 5.73 Å². The van der Waals surface area contributed by atoms with Crippen LogP contribution in [0, 0.1) is 0 Å². The van der Waals surface area contributed by atoms with Gasteiger partial charge in [0.2, 0.25) is 0 Å². The van der Waals surface area contributed by atoms with E-state index >= 15 is 0 Å². The Morgan fingerprint density at radius 3 is 2.93 bits per heavy atom. The second-order valence-corrected chi connectivity index (χ2v) is 4.11. The number of fused-ring (bicyclic) bond motifs is 1. The van der Waals surface area contributed by atoms with Crippen molar-refractivity contribution >= 4 is 44.7 Å². The molecule has 1 heterocycles. The second-order valence-electron chi connectivity index (χ2n) is 2.79. The number of nitrogens with two attached hydrogens (primary N) is 1. The number of hydrogen-bond acceptors (Lipinski definition) is 3. The van der Waals surface area contributed by atoms with Gasteiger partial charge in [0.1, 0.15) is 0 Å². The molecule has 3 N–H and O–H groups in total. The van der Waals surface area contributed by atoms with Crippen molar-refractivity contribution in [1.82, 2.24) is 0 Å². The van der Waals surface area contributed by atoms with E-state index in [0.717, 1.165) is 4.70 Å². The molecule has 0 fully saturated rings. The molecule has 0 atom stereocenters. The highest BCUT2D eigenvalue weighted by molar-refractivity contribution is 7.18. The summed E-state index contributed by atoms with van der Waals surface area (Å²) in [6, 6.07) is 3.12. The first-order valence-electron chi connectivity index (χ1n) is 3.79. The monoisotopic (exact) mass is 227 g/mol. The molecule has 0 aliphatic rings. The quantitative estimate of drug-likeness (QED) is 0.737. The van der Waals surface area contributed by atoms with Crippen molar-refractivity contribution in [2.24, 2.45) is 0 Å². The number of rotatable bonds is 1. The molecule has 0 unspecified atom stereocenters. The lowest BCUT2D eigenvalue weighted by molar-refractivity contribution is 0.0699. The smallest absolute Gasteiger partial charge is 0.336 e. The average Bonchev–Trinajstić information content (AvgIpc) is 2.59. The van der Waals surface area contributed by atoms with Gasteiger partial charge in [-0.05, 0) is 17.5 Å². The van der Waals surface area contributed by atoms with Gasteiger partial charge in [0.05, 0.1) is 21.0 Å². The minimum absolute atomic E-state index is 0.195. The van der Waals surface area contributed by atoms with E-state index in [1.165, 1.54) is 17.4 Å². The molecular formula is C9H6ClNO2S. The molecule has 2 rings (SSSR count). The van der Waals surface area contributed by atoms with Gasteiger partial charge in [0.25, 0.3) is 0 Å². The Hall–Kier alpha value is -1.26. The molecule has 72 valence electrons. The summed E-state index contributed by atoms with van der Waals surface area (Å²) in [7, 11) is 0. The fraction of sp³-hybridized carbons (Fsp3) is 0. The van der Waals surface area contributed by atoms with Crippen molar-refractivity contribution in [1.29, 1.82) is 0 Å². The molecule has 0 saturated carbocycles. The van der Waals surface area contributed by atoms with E-state index < -0.39 is 5.97 Å². The molecule has 0 saturated heterocycles. The van der Waals surface area contributed by atoms with Crippen LogP contribution >= 0.6 is 22.9 Å². The number of hydrogen-bond donors (Lipinski definition) is 2. The molecular weight excluding hydrogens is 222 g/mol. The maximum Gasteiger partial charge on any atom is 0.336 e. The molecule has 0 bridgehead atoms. The predicted molar refractivity (Wildman–Crippen MR) is 58.2 cm³/mol. The van der Waals surface area contributed by atoms with Crippen LogP contribution in [-0.2, 0) is 0 Å². The van der Waals surface area contributed by atoms with Gasteiger partial charge in [-0.3, -0.25) is 0 Å². The van der Waals surface area contributed by atoms with Crippen molar-refractivity contribution in [3.05, 3.63) is 28.1 Å². The predicted octanol–water partition coefficient (Wildman–Crippen LogP) is 2.84. The number of carboxylic acids is 1. The van der Waals surface area contributed by atoms with Crippen LogP contribution in [0.3, 0.4) is 0 Å². The Morgan fingerprint density at radius 2 is 2.29 bits per heavy atom. The topological polar surface area (TPSA) is 63.3 Å². The Balaban J connectivity index is 2.91. The summed E-state index contributed by atoms with van der Waals surface area (Å²) in [5.41, 5.74) is 6.36. The van der Waals surface area contributed by atoms with Crippen molar-refractivity contribution < 1.29 is 9.90 Å². The summed E-state index contributed by atoms with van der Waals surface area (Å²) in [5, 5.41) is 11.6. The number of nitrogen functional groups attached to an aromatic ring is 1. The molecule has 0 amide bonds. The highest BCUT2D eigenvalue weighted by Crippen LogP contribution is 2.35. The van der Waals surface area contributed by atoms with Crippen LogP contribution in [0.5, 0.6) is 0 Å². The van der Waals surface area contributed by atoms with E-state index in [1.54, 1.807) is 11.4 Å². The Kier molecular flexibility index (Phi) is 2.09. The lowest BCUT2D eigenvalue weighted by Gasteiger charge is -2.02. The summed E-state index contributed by atoms with van der Waals surface area (Å²) in [4.78, 5) is 10.9. The maximum absolute atomic E-state index is 10.9. The minimum atomic E-state index is -0.990. The van der Waals surface area contributed by atoms with Crippen molar-refractivity contribution in [3.8, 4) is 0 Å². The first-order chi connectivity index (χ1) is 6.61. The molecule has 5 heteroatoms. The van der Waals surface area contributed by atoms with E-state index in [1.807, 2.05) is 0 Å². The van der Waals surface area contributed by atoms with Gasteiger partial charge in [0.15, 0.2) is 0 Å². The minimum Gasteiger partial charge on any atom is -0.478 e. The first kappa shape index (κ1) is 9.30. The zero-order valence-corrected chi connectivity index (χ0v) is 8.52. The third-order valence-electron chi connectivity index (χ3n) is 1.96. The second kappa shape index (κ2) is 3.15. The zero-order chi connectivity index (χ0) is 10.3. The van der Waals surface area contributed by atoms with Crippen molar-refractivity contribution in [3.63, 3.8) is 0 Å². The molecule has 0 spiro atoms. The largest absolute Gasteiger partial charge is 0.478 e. The Labute approximate surface area is 88.7 Å². The van der Waals surface area contributed by atoms with Gasteiger partial charge in [-0.2, -0.15) is 0 Å². The van der Waals surface area contributed by atoms with Crippen LogP contribution in [0.15, 0.2) is 17.5 Å². The number of carboxylic acid groups (broad SMARTS) is 1. The SMILES string of the molecule is Nc1c(Cl)cc(C(=O)O)c2ccsc12. The third kappa shape index (κ3) is 1.23. The van der Waals surface area contributed by atoms with Gasteiger partial charge in [0, 0.05) is 5.39 Å². The van der Waals surface area contributed by atoms with Gasteiger partial charge in [-0.15, -0.1) is 11.3 Å². The van der Waals surface area contributed by atoms with E-state index in [9.17, 15) is 4.79 Å². The summed E-state index contributed by atoms with van der Waals surface area (Å²) >= 11 is 7.20. The van der Waals surface area contributed by atoms with Gasteiger partial charge >= 0.3 is 5.97 Å². The molecule has 1 aromatic carbocycles. The van der Waals surface area contributed by atoms with Crippen molar-refractivity contribution in [2.75, 3.05) is 5.73 Å². The van der Waals surface area contributed by atoms with Gasteiger partial charge < -0.3 is 10.8 Å². The number of aromatic carboxylic acids is 1. The van der Waals surface area contributed by atoms with Crippen LogP contribution in [0.25, 0.3) is 10.1 Å². The molecule has 3 nitrogen and oxygen atoms in total. The average molecular weight is 228 g/mol. The lowest BCUT2D eigenvalue weighted by atomic mass is 10.1. The van der Waals surface area contributed by atoms with E-state index in [4.69, 9.17) is 22.4 Å². The fourth-order valence-corrected chi connectivity index (χ4v) is 2.44. The standard InChI is InChI=1S/C9H6ClNO2S/c10-6-3-5(9(12)13)4-1-2-14-8(4)7(6)11/h1-3H,11H2,(H,12,13). The normalized spacial score (nSPS) is 10.6. The lowest BCUT2D eigenvalue weighted by Crippen LogP contribution is -1.98. The number of halogens is 1. The number of carbonyl (C=O) groups is 1. The maximum atomic E-state index is 10.9. The van der Waals surface area contributed by atoms with Crippen LogP contribution in [0.4, 0.5) is 5.69 Å². The number of benzene rings is 1. The summed E-state index contributed by atoms with van der Waals surface area (Å²) in [5.74, 6) is -0.990. The number of thiophene rings is 1. The molecule has 0 aliphatic carbocycles. The number of anilines is 1. The fourth-order valence-electron chi connectivity index (χ4n) is 1.30. The van der Waals surface area contributed by atoms with Gasteiger partial charge in [-0.1, -0.05) is 11.6 Å². The third-order valence-corrected chi connectivity index (χ3v) is 3.22. The highest BCUT2D eigenvalue weighted by atomic mass is 35.5. The molecule has 0 aliphatic heterocycles. The molecule has 14 heavy (non-hydrogen) atoms. The summed E-state index contributed by atoms with van der Waals surface area (Å²) in [6.45, 7) is 0. The van der Waals surface area contributed by atoms with Crippen LogP contribution in [0.2, 0.25) is 5.02 Å². The van der Waals surface area contributed by atoms with E-state index in [0.29, 0.717) is 11.1 Å². The van der Waals surface area contributed by atoms with E-state index in [-0.39, 0.29) is 10.6 Å². The van der Waals surface area contributed by atoms with Gasteiger partial charge in [-0.25, -0.2) is 4.79 Å². The first-order valence-corrected chi connectivity index (χ1v) is 5.05. The van der Waals surface area contributed by atoms with E-state index in [2.05, 4.69) is 0 Å². The molecule has 0 radical (unpaired) electrons. The molecule has 2 aromatic rings. The van der Waals surface area contributed by atoms with Crippen molar-refractivity contribution in [2.45, 2.75) is 0 Å². The zero-order valence-electron chi connectivity index (χ0n) is 6.95. The Morgan fingerprint density at radius 1 is 1.57 bits per heavy atom. The highest BCUT2D eigenvalue weighted by Gasteiger charge is 2.14. The molecule has 1 aromatic heterocycles. The summed E-state index contributed by atoms with van der Waals surface area (Å²) in [6.07, 6.45) is 0. The summed E-state index contributed by atoms with van der Waals surface area (Å²) < 4.78 is 0.731. The van der Waals surface area contributed by atoms with Crippen LogP contribution in [0.1, 0.15) is 10.4 Å². The Bertz CT molecular complexity index is 521. The van der Waals surface area contributed by atoms with Crippen LogP contribution in [-0.4, -0.2) is 11.1 Å².